The van der Waals surface area contributed by atoms with Gasteiger partial charge in [0, 0.05) is 0 Å². The van der Waals surface area contributed by atoms with Crippen molar-refractivity contribution in [2.75, 3.05) is 13.1 Å². The third kappa shape index (κ3) is 2.20. The van der Waals surface area contributed by atoms with Gasteiger partial charge in [-0.3, -0.25) is 9.69 Å². The molecule has 0 saturated carbocycles. The van der Waals surface area contributed by atoms with Gasteiger partial charge in [0.2, 0.25) is 0 Å². The Labute approximate surface area is 98.4 Å². The zero-order valence-corrected chi connectivity index (χ0v) is 9.57. The number of piperidine rings is 1. The van der Waals surface area contributed by atoms with Crippen molar-refractivity contribution >= 4 is 17.6 Å². The predicted octanol–water partition coefficient (Wildman–Crippen LogP) is 1.67. The lowest BCUT2D eigenvalue weighted by atomic mass is 10.1. The van der Waals surface area contributed by atoms with E-state index in [1.54, 1.807) is 0 Å². The monoisotopic (exact) mass is 243 g/mol. The Kier molecular flexibility index (Phi) is 3.46. The van der Waals surface area contributed by atoms with Crippen molar-refractivity contribution in [3.63, 3.8) is 0 Å². The van der Waals surface area contributed by atoms with Gasteiger partial charge in [-0.2, -0.15) is 0 Å². The van der Waals surface area contributed by atoms with Crippen LogP contribution < -0.4 is 0 Å². The normalized spacial score (nSPS) is 19.6. The van der Waals surface area contributed by atoms with Crippen LogP contribution in [0.15, 0.2) is 6.33 Å². The third-order valence-corrected chi connectivity index (χ3v) is 3.18. The molecule has 1 unspecified atom stereocenters. The van der Waals surface area contributed by atoms with E-state index in [0.717, 1.165) is 25.9 Å². The maximum atomic E-state index is 11.3. The fourth-order valence-corrected chi connectivity index (χ4v) is 2.32. The lowest BCUT2D eigenvalue weighted by Gasteiger charge is -2.31. The lowest BCUT2D eigenvalue weighted by Crippen LogP contribution is -2.38. The number of imidazole rings is 1. The Morgan fingerprint density at radius 3 is 2.69 bits per heavy atom. The minimum Gasteiger partial charge on any atom is -0.480 e. The van der Waals surface area contributed by atoms with E-state index in [2.05, 4.69) is 9.97 Å². The number of aromatic nitrogens is 2. The zero-order valence-electron chi connectivity index (χ0n) is 8.82. The minimum atomic E-state index is -0.881. The number of nitrogens with zero attached hydrogens (tertiary/aromatic N) is 2. The molecular formula is C10H14ClN3O2. The van der Waals surface area contributed by atoms with E-state index in [-0.39, 0.29) is 5.15 Å². The van der Waals surface area contributed by atoms with Gasteiger partial charge in [-0.15, -0.1) is 0 Å². The summed E-state index contributed by atoms with van der Waals surface area (Å²) in [7, 11) is 0. The van der Waals surface area contributed by atoms with Crippen LogP contribution in [0, 0.1) is 0 Å². The molecule has 1 aromatic heterocycles. The summed E-state index contributed by atoms with van der Waals surface area (Å²) in [5.74, 6) is -0.881. The zero-order chi connectivity index (χ0) is 11.5. The highest BCUT2D eigenvalue weighted by atomic mass is 35.5. The SMILES string of the molecule is O=C(O)C(c1[nH]cnc1Cl)N1CCCCC1. The molecular weight excluding hydrogens is 230 g/mol. The van der Waals surface area contributed by atoms with Crippen molar-refractivity contribution < 1.29 is 9.90 Å². The van der Waals surface area contributed by atoms with Gasteiger partial charge in [0.25, 0.3) is 0 Å². The van der Waals surface area contributed by atoms with E-state index in [4.69, 9.17) is 11.6 Å². The molecule has 2 rings (SSSR count). The summed E-state index contributed by atoms with van der Waals surface area (Å²) in [4.78, 5) is 19.9. The molecule has 16 heavy (non-hydrogen) atoms. The smallest absolute Gasteiger partial charge is 0.327 e. The van der Waals surface area contributed by atoms with Gasteiger partial charge >= 0.3 is 5.97 Å². The van der Waals surface area contributed by atoms with E-state index in [9.17, 15) is 9.90 Å². The topological polar surface area (TPSA) is 69.2 Å². The Hall–Kier alpha value is -1.07. The first kappa shape index (κ1) is 11.4. The van der Waals surface area contributed by atoms with Crippen molar-refractivity contribution in [3.8, 4) is 0 Å². The molecule has 2 heterocycles. The van der Waals surface area contributed by atoms with Crippen LogP contribution >= 0.6 is 11.6 Å². The fourth-order valence-electron chi connectivity index (χ4n) is 2.12. The minimum absolute atomic E-state index is 0.248. The first-order chi connectivity index (χ1) is 7.70. The van der Waals surface area contributed by atoms with Crippen LogP contribution in [0.2, 0.25) is 5.15 Å². The molecule has 88 valence electrons. The molecule has 5 nitrogen and oxygen atoms in total. The summed E-state index contributed by atoms with van der Waals surface area (Å²) < 4.78 is 0. The highest BCUT2D eigenvalue weighted by Gasteiger charge is 2.31. The van der Waals surface area contributed by atoms with Gasteiger partial charge in [0.05, 0.1) is 12.0 Å². The number of hydrogen-bond acceptors (Lipinski definition) is 3. The summed E-state index contributed by atoms with van der Waals surface area (Å²) in [6.07, 6.45) is 4.67. The molecule has 1 fully saturated rings. The van der Waals surface area contributed by atoms with Crippen LogP contribution in [0.4, 0.5) is 0 Å². The van der Waals surface area contributed by atoms with Gasteiger partial charge in [0.1, 0.15) is 0 Å². The largest absolute Gasteiger partial charge is 0.480 e. The maximum Gasteiger partial charge on any atom is 0.327 e. The number of carboxylic acids is 1. The average Bonchev–Trinajstić information content (AvgIpc) is 2.66. The van der Waals surface area contributed by atoms with Crippen molar-refractivity contribution in [1.82, 2.24) is 14.9 Å². The standard InChI is InChI=1S/C10H14ClN3O2/c11-9-7(12-6-13-9)8(10(15)16)14-4-2-1-3-5-14/h6,8H,1-5H2,(H,12,13)(H,15,16). The fraction of sp³-hybridized carbons (Fsp3) is 0.600. The number of carbonyl (C=O) groups is 1. The van der Waals surface area contributed by atoms with Crippen LogP contribution in [-0.2, 0) is 4.79 Å². The number of aromatic amines is 1. The van der Waals surface area contributed by atoms with E-state index >= 15 is 0 Å². The summed E-state index contributed by atoms with van der Waals surface area (Å²) in [5, 5.41) is 9.52. The molecule has 1 atom stereocenters. The second-order valence-corrected chi connectivity index (χ2v) is 4.30. The number of carboxylic acid groups (broad SMARTS) is 1. The van der Waals surface area contributed by atoms with E-state index in [1.807, 2.05) is 4.90 Å². The summed E-state index contributed by atoms with van der Waals surface area (Å²) in [6, 6.07) is -0.699. The van der Waals surface area contributed by atoms with E-state index in [0.29, 0.717) is 5.69 Å². The number of rotatable bonds is 3. The number of hydrogen-bond donors (Lipinski definition) is 2. The first-order valence-electron chi connectivity index (χ1n) is 5.36. The molecule has 1 aromatic rings. The van der Waals surface area contributed by atoms with Crippen molar-refractivity contribution in [2.24, 2.45) is 0 Å². The van der Waals surface area contributed by atoms with Crippen molar-refractivity contribution in [1.29, 1.82) is 0 Å². The van der Waals surface area contributed by atoms with Crippen LogP contribution in [0.3, 0.4) is 0 Å². The molecule has 1 aliphatic rings. The lowest BCUT2D eigenvalue weighted by molar-refractivity contribution is -0.144. The molecule has 0 aliphatic carbocycles. The predicted molar refractivity (Wildman–Crippen MR) is 59.4 cm³/mol. The Morgan fingerprint density at radius 2 is 2.19 bits per heavy atom. The molecule has 1 aliphatic heterocycles. The average molecular weight is 244 g/mol. The first-order valence-corrected chi connectivity index (χ1v) is 5.73. The van der Waals surface area contributed by atoms with Crippen LogP contribution in [0.5, 0.6) is 0 Å². The van der Waals surface area contributed by atoms with E-state index < -0.39 is 12.0 Å². The Bertz CT molecular complexity index is 374. The van der Waals surface area contributed by atoms with Gasteiger partial charge in [-0.1, -0.05) is 18.0 Å². The molecule has 0 bridgehead atoms. The van der Waals surface area contributed by atoms with Gasteiger partial charge in [0.15, 0.2) is 11.2 Å². The highest BCUT2D eigenvalue weighted by molar-refractivity contribution is 6.30. The molecule has 2 N–H and O–H groups in total. The molecule has 0 radical (unpaired) electrons. The molecule has 0 spiro atoms. The number of likely N-dealkylation sites (tertiary alicyclic amines) is 1. The van der Waals surface area contributed by atoms with Crippen molar-refractivity contribution in [2.45, 2.75) is 25.3 Å². The van der Waals surface area contributed by atoms with Crippen LogP contribution in [0.25, 0.3) is 0 Å². The quantitative estimate of drug-likeness (QED) is 0.848. The van der Waals surface area contributed by atoms with Crippen LogP contribution in [0.1, 0.15) is 31.0 Å². The Balaban J connectivity index is 2.23. The van der Waals surface area contributed by atoms with Gasteiger partial charge in [-0.25, -0.2) is 4.98 Å². The Morgan fingerprint density at radius 1 is 1.50 bits per heavy atom. The molecule has 0 amide bonds. The summed E-state index contributed by atoms with van der Waals surface area (Å²) in [5.41, 5.74) is 0.482. The number of aliphatic carboxylic acids is 1. The summed E-state index contributed by atoms with van der Waals surface area (Å²) >= 11 is 5.87. The summed E-state index contributed by atoms with van der Waals surface area (Å²) in [6.45, 7) is 1.60. The third-order valence-electron chi connectivity index (χ3n) is 2.88. The maximum absolute atomic E-state index is 11.3. The second-order valence-electron chi connectivity index (χ2n) is 3.94. The number of nitrogens with one attached hydrogen (secondary N) is 1. The second kappa shape index (κ2) is 4.84. The van der Waals surface area contributed by atoms with Gasteiger partial charge in [-0.05, 0) is 25.9 Å². The van der Waals surface area contributed by atoms with Gasteiger partial charge < -0.3 is 10.1 Å². The highest BCUT2D eigenvalue weighted by Crippen LogP contribution is 2.27. The van der Waals surface area contributed by atoms with E-state index in [1.165, 1.54) is 12.7 Å². The number of H-pyrrole nitrogens is 1. The number of halogens is 1. The molecule has 0 aromatic carbocycles. The molecule has 6 heteroatoms. The van der Waals surface area contributed by atoms with Crippen LogP contribution in [-0.4, -0.2) is 39.0 Å². The molecule has 1 saturated heterocycles. The van der Waals surface area contributed by atoms with Crippen molar-refractivity contribution in [3.05, 3.63) is 17.2 Å².